The van der Waals surface area contributed by atoms with Gasteiger partial charge in [-0.1, -0.05) is 17.7 Å². The number of rotatable bonds is 6. The van der Waals surface area contributed by atoms with Crippen LogP contribution in [0.25, 0.3) is 0 Å². The van der Waals surface area contributed by atoms with Crippen molar-refractivity contribution in [2.24, 2.45) is 0 Å². The summed E-state index contributed by atoms with van der Waals surface area (Å²) in [6.07, 6.45) is 0.311. The van der Waals surface area contributed by atoms with Crippen molar-refractivity contribution in [1.82, 2.24) is 0 Å². The second-order valence-electron chi connectivity index (χ2n) is 5.29. The standard InChI is InChI=1S/C17H18FNO3S/c1-13-4-10-16(11-5-13)23(21,22)12-2-3-17(20)19-15-8-6-14(18)7-9-15/h4-11H,2-3,12H2,1H3,(H,19,20). The Hall–Kier alpha value is -2.21. The molecule has 0 heterocycles. The summed E-state index contributed by atoms with van der Waals surface area (Å²) < 4.78 is 37.1. The summed E-state index contributed by atoms with van der Waals surface area (Å²) >= 11 is 0. The molecular formula is C17H18FNO3S. The molecule has 4 nitrogen and oxygen atoms in total. The molecule has 2 aromatic carbocycles. The van der Waals surface area contributed by atoms with E-state index in [9.17, 15) is 17.6 Å². The van der Waals surface area contributed by atoms with Crippen molar-refractivity contribution < 1.29 is 17.6 Å². The summed E-state index contributed by atoms with van der Waals surface area (Å²) in [6, 6.07) is 12.0. The highest BCUT2D eigenvalue weighted by molar-refractivity contribution is 7.91. The number of aryl methyl sites for hydroxylation is 1. The second-order valence-corrected chi connectivity index (χ2v) is 7.40. The highest BCUT2D eigenvalue weighted by Gasteiger charge is 2.14. The Morgan fingerprint density at radius 1 is 1.04 bits per heavy atom. The van der Waals surface area contributed by atoms with Crippen molar-refractivity contribution in [2.45, 2.75) is 24.7 Å². The Kier molecular flexibility index (Phi) is 5.50. The highest BCUT2D eigenvalue weighted by atomic mass is 32.2. The van der Waals surface area contributed by atoms with E-state index in [4.69, 9.17) is 0 Å². The van der Waals surface area contributed by atoms with Crippen LogP contribution in [0, 0.1) is 12.7 Å². The largest absolute Gasteiger partial charge is 0.326 e. The van der Waals surface area contributed by atoms with Gasteiger partial charge in [0.15, 0.2) is 9.84 Å². The first-order chi connectivity index (χ1) is 10.9. The zero-order valence-corrected chi connectivity index (χ0v) is 13.6. The molecule has 0 aromatic heterocycles. The van der Waals surface area contributed by atoms with Gasteiger partial charge in [-0.25, -0.2) is 12.8 Å². The summed E-state index contributed by atoms with van der Waals surface area (Å²) in [7, 11) is -3.38. The molecule has 0 bridgehead atoms. The van der Waals surface area contributed by atoms with Gasteiger partial charge in [0, 0.05) is 12.1 Å². The smallest absolute Gasteiger partial charge is 0.224 e. The van der Waals surface area contributed by atoms with Crippen LogP contribution in [-0.4, -0.2) is 20.1 Å². The van der Waals surface area contributed by atoms with Gasteiger partial charge in [-0.15, -0.1) is 0 Å². The van der Waals surface area contributed by atoms with Crippen molar-refractivity contribution in [3.05, 3.63) is 59.9 Å². The fourth-order valence-electron chi connectivity index (χ4n) is 2.04. The summed E-state index contributed by atoms with van der Waals surface area (Å²) in [5.74, 6) is -0.768. The van der Waals surface area contributed by atoms with Crippen LogP contribution in [0.3, 0.4) is 0 Å². The van der Waals surface area contributed by atoms with Gasteiger partial charge in [0.25, 0.3) is 0 Å². The third kappa shape index (κ3) is 5.17. The second kappa shape index (κ2) is 7.37. The first-order valence-corrected chi connectivity index (χ1v) is 8.87. The van der Waals surface area contributed by atoms with Gasteiger partial charge in [0.2, 0.25) is 5.91 Å². The predicted molar refractivity (Wildman–Crippen MR) is 87.5 cm³/mol. The third-order valence-electron chi connectivity index (χ3n) is 3.32. The molecule has 23 heavy (non-hydrogen) atoms. The topological polar surface area (TPSA) is 63.2 Å². The van der Waals surface area contributed by atoms with E-state index < -0.39 is 9.84 Å². The van der Waals surface area contributed by atoms with E-state index in [0.29, 0.717) is 5.69 Å². The molecule has 0 spiro atoms. The zero-order chi connectivity index (χ0) is 16.9. The molecule has 0 aliphatic carbocycles. The monoisotopic (exact) mass is 335 g/mol. The minimum Gasteiger partial charge on any atom is -0.326 e. The number of amides is 1. The molecule has 122 valence electrons. The van der Waals surface area contributed by atoms with Crippen LogP contribution in [0.4, 0.5) is 10.1 Å². The Morgan fingerprint density at radius 3 is 2.26 bits per heavy atom. The molecule has 1 amide bonds. The minimum absolute atomic E-state index is 0.0858. The summed E-state index contributed by atoms with van der Waals surface area (Å²) in [4.78, 5) is 12.0. The van der Waals surface area contributed by atoms with Gasteiger partial charge in [0.05, 0.1) is 10.6 Å². The molecule has 0 fully saturated rings. The quantitative estimate of drug-likeness (QED) is 0.881. The Balaban J connectivity index is 1.85. The average molecular weight is 335 g/mol. The lowest BCUT2D eigenvalue weighted by molar-refractivity contribution is -0.116. The van der Waals surface area contributed by atoms with Crippen LogP contribution in [0.5, 0.6) is 0 Å². The molecule has 0 aliphatic heterocycles. The first kappa shape index (κ1) is 17.1. The molecule has 1 N–H and O–H groups in total. The normalized spacial score (nSPS) is 11.2. The lowest BCUT2D eigenvalue weighted by atomic mass is 10.2. The Labute approximate surface area is 135 Å². The molecule has 2 rings (SSSR count). The van der Waals surface area contributed by atoms with Crippen molar-refractivity contribution in [3.63, 3.8) is 0 Å². The number of hydrogen-bond acceptors (Lipinski definition) is 3. The van der Waals surface area contributed by atoms with Crippen LogP contribution in [0.2, 0.25) is 0 Å². The maximum Gasteiger partial charge on any atom is 0.224 e. The molecule has 0 saturated carbocycles. The Morgan fingerprint density at radius 2 is 1.65 bits per heavy atom. The molecular weight excluding hydrogens is 317 g/mol. The number of hydrogen-bond donors (Lipinski definition) is 1. The van der Waals surface area contributed by atoms with Crippen molar-refractivity contribution in [1.29, 1.82) is 0 Å². The van der Waals surface area contributed by atoms with Crippen molar-refractivity contribution in [2.75, 3.05) is 11.1 Å². The van der Waals surface area contributed by atoms with E-state index in [1.807, 2.05) is 6.92 Å². The highest BCUT2D eigenvalue weighted by Crippen LogP contribution is 2.14. The molecule has 0 saturated heterocycles. The van der Waals surface area contributed by atoms with Gasteiger partial charge >= 0.3 is 0 Å². The molecule has 0 aliphatic rings. The number of anilines is 1. The van der Waals surface area contributed by atoms with Crippen LogP contribution in [-0.2, 0) is 14.6 Å². The molecule has 0 atom stereocenters. The number of sulfone groups is 1. The fraction of sp³-hybridized carbons (Fsp3) is 0.235. The van der Waals surface area contributed by atoms with Crippen LogP contribution >= 0.6 is 0 Å². The van der Waals surface area contributed by atoms with Gasteiger partial charge in [-0.05, 0) is 49.7 Å². The summed E-state index contributed by atoms with van der Waals surface area (Å²) in [6.45, 7) is 1.89. The minimum atomic E-state index is -3.38. The maximum atomic E-state index is 12.8. The van der Waals surface area contributed by atoms with E-state index >= 15 is 0 Å². The van der Waals surface area contributed by atoms with Gasteiger partial charge in [-0.2, -0.15) is 0 Å². The molecule has 0 unspecified atom stereocenters. The predicted octanol–water partition coefficient (Wildman–Crippen LogP) is 3.33. The van der Waals surface area contributed by atoms with E-state index in [2.05, 4.69) is 5.32 Å². The summed E-state index contributed by atoms with van der Waals surface area (Å²) in [5.41, 5.74) is 1.47. The van der Waals surface area contributed by atoms with Crippen molar-refractivity contribution in [3.8, 4) is 0 Å². The number of benzene rings is 2. The van der Waals surface area contributed by atoms with E-state index in [0.717, 1.165) is 5.56 Å². The number of halogens is 1. The number of carbonyl (C=O) groups excluding carboxylic acids is 1. The molecule has 2 aromatic rings. The van der Waals surface area contributed by atoms with Crippen molar-refractivity contribution >= 4 is 21.4 Å². The van der Waals surface area contributed by atoms with Gasteiger partial charge in [0.1, 0.15) is 5.82 Å². The lowest BCUT2D eigenvalue weighted by Gasteiger charge is -2.06. The van der Waals surface area contributed by atoms with Crippen LogP contribution in [0.15, 0.2) is 53.4 Å². The molecule has 6 heteroatoms. The van der Waals surface area contributed by atoms with E-state index in [-0.39, 0.29) is 35.2 Å². The van der Waals surface area contributed by atoms with Crippen LogP contribution < -0.4 is 5.32 Å². The maximum absolute atomic E-state index is 12.8. The average Bonchev–Trinajstić information content (AvgIpc) is 2.50. The van der Waals surface area contributed by atoms with E-state index in [1.54, 1.807) is 24.3 Å². The lowest BCUT2D eigenvalue weighted by Crippen LogP contribution is -2.14. The first-order valence-electron chi connectivity index (χ1n) is 7.22. The van der Waals surface area contributed by atoms with Gasteiger partial charge < -0.3 is 5.32 Å². The van der Waals surface area contributed by atoms with E-state index in [1.165, 1.54) is 24.3 Å². The Bertz CT molecular complexity index is 768. The van der Waals surface area contributed by atoms with Gasteiger partial charge in [-0.3, -0.25) is 4.79 Å². The fourth-order valence-corrected chi connectivity index (χ4v) is 3.35. The number of carbonyl (C=O) groups is 1. The SMILES string of the molecule is Cc1ccc(S(=O)(=O)CCCC(=O)Nc2ccc(F)cc2)cc1. The zero-order valence-electron chi connectivity index (χ0n) is 12.8. The summed E-state index contributed by atoms with van der Waals surface area (Å²) in [5, 5.41) is 2.60. The number of nitrogens with one attached hydrogen (secondary N) is 1. The van der Waals surface area contributed by atoms with Crippen LogP contribution in [0.1, 0.15) is 18.4 Å². The molecule has 0 radical (unpaired) electrons. The third-order valence-corrected chi connectivity index (χ3v) is 5.14.